The molecule has 4 nitrogen and oxygen atoms in total. The summed E-state index contributed by atoms with van der Waals surface area (Å²) >= 11 is 7.58. The van der Waals surface area contributed by atoms with Gasteiger partial charge in [0, 0.05) is 35.8 Å². The highest BCUT2D eigenvalue weighted by molar-refractivity contribution is 7.99. The van der Waals surface area contributed by atoms with Crippen LogP contribution in [0.1, 0.15) is 18.7 Å². The fraction of sp³-hybridized carbons (Fsp3) is 0.333. The van der Waals surface area contributed by atoms with Crippen molar-refractivity contribution in [2.75, 3.05) is 12.8 Å². The maximum Gasteiger partial charge on any atom is 0.222 e. The zero-order valence-electron chi connectivity index (χ0n) is 11.9. The molecule has 0 aliphatic rings. The molecule has 0 radical (unpaired) electrons. The molecule has 112 valence electrons. The molecule has 0 fully saturated rings. The van der Waals surface area contributed by atoms with Gasteiger partial charge < -0.3 is 9.88 Å². The molecule has 0 aliphatic heterocycles. The molecule has 2 rings (SSSR count). The van der Waals surface area contributed by atoms with Crippen LogP contribution < -0.4 is 0 Å². The van der Waals surface area contributed by atoms with Crippen molar-refractivity contribution in [1.82, 2.24) is 14.9 Å². The first-order chi connectivity index (χ1) is 10.1. The third-order valence-electron chi connectivity index (χ3n) is 2.98. The van der Waals surface area contributed by atoms with Crippen LogP contribution in [0.2, 0.25) is 5.02 Å². The monoisotopic (exact) mass is 323 g/mol. The lowest BCUT2D eigenvalue weighted by atomic mass is 10.3. The Bertz CT molecular complexity index is 557. The van der Waals surface area contributed by atoms with E-state index in [1.54, 1.807) is 36.1 Å². The number of hydrogen-bond donors (Lipinski definition) is 1. The highest BCUT2D eigenvalue weighted by Gasteiger charge is 2.09. The maximum atomic E-state index is 12.0. The number of aromatic nitrogens is 2. The maximum absolute atomic E-state index is 12.0. The average Bonchev–Trinajstić information content (AvgIpc) is 2.98. The van der Waals surface area contributed by atoms with E-state index in [0.29, 0.717) is 13.0 Å². The number of imidazole rings is 1. The van der Waals surface area contributed by atoms with Crippen molar-refractivity contribution < 1.29 is 4.79 Å². The minimum atomic E-state index is 0.142. The van der Waals surface area contributed by atoms with Gasteiger partial charge in [0.1, 0.15) is 5.82 Å². The number of nitrogens with one attached hydrogen (secondary N) is 1. The molecule has 0 saturated carbocycles. The quantitative estimate of drug-likeness (QED) is 0.625. The van der Waals surface area contributed by atoms with Crippen molar-refractivity contribution in [3.05, 3.63) is 47.5 Å². The number of aromatic amines is 1. The number of hydrogen-bond acceptors (Lipinski definition) is 3. The Hall–Kier alpha value is -1.46. The van der Waals surface area contributed by atoms with E-state index in [1.165, 1.54) is 4.90 Å². The predicted molar refractivity (Wildman–Crippen MR) is 86.5 cm³/mol. The Balaban J connectivity index is 1.65. The number of halogens is 1. The highest BCUT2D eigenvalue weighted by Crippen LogP contribution is 2.21. The van der Waals surface area contributed by atoms with Gasteiger partial charge in [0.2, 0.25) is 5.91 Å². The van der Waals surface area contributed by atoms with Crippen molar-refractivity contribution >= 4 is 29.3 Å². The summed E-state index contributed by atoms with van der Waals surface area (Å²) in [6.45, 7) is 0.524. The van der Waals surface area contributed by atoms with E-state index in [1.807, 2.05) is 24.3 Å². The second kappa shape index (κ2) is 8.10. The molecule has 0 bridgehead atoms. The van der Waals surface area contributed by atoms with Crippen LogP contribution in [-0.4, -0.2) is 33.6 Å². The average molecular weight is 324 g/mol. The van der Waals surface area contributed by atoms with Gasteiger partial charge >= 0.3 is 0 Å². The van der Waals surface area contributed by atoms with Crippen molar-refractivity contribution in [1.29, 1.82) is 0 Å². The van der Waals surface area contributed by atoms with Gasteiger partial charge in [0.05, 0.1) is 6.54 Å². The minimum absolute atomic E-state index is 0.142. The summed E-state index contributed by atoms with van der Waals surface area (Å²) in [7, 11) is 1.80. The van der Waals surface area contributed by atoms with Crippen LogP contribution in [0.5, 0.6) is 0 Å². The van der Waals surface area contributed by atoms with Gasteiger partial charge in [-0.2, -0.15) is 0 Å². The van der Waals surface area contributed by atoms with Crippen molar-refractivity contribution in [2.24, 2.45) is 0 Å². The van der Waals surface area contributed by atoms with E-state index in [2.05, 4.69) is 9.97 Å². The Morgan fingerprint density at radius 3 is 2.81 bits per heavy atom. The standard InChI is InChI=1S/C15H18ClN3OS/c1-19(11-14-17-8-9-18-14)15(20)3-2-10-21-13-6-4-12(16)5-7-13/h4-9H,2-3,10-11H2,1H3,(H,17,18). The third kappa shape index (κ3) is 5.44. The van der Waals surface area contributed by atoms with Gasteiger partial charge in [0.15, 0.2) is 0 Å². The number of nitrogens with zero attached hydrogens (tertiary/aromatic N) is 2. The fourth-order valence-electron chi connectivity index (χ4n) is 1.83. The first kappa shape index (κ1) is 15.9. The fourth-order valence-corrected chi connectivity index (χ4v) is 2.81. The number of H-pyrrole nitrogens is 1. The molecule has 21 heavy (non-hydrogen) atoms. The molecule has 1 N–H and O–H groups in total. The summed E-state index contributed by atoms with van der Waals surface area (Å²) in [5, 5.41) is 0.745. The van der Waals surface area contributed by atoms with Crippen LogP contribution in [-0.2, 0) is 11.3 Å². The lowest BCUT2D eigenvalue weighted by Gasteiger charge is -2.15. The lowest BCUT2D eigenvalue weighted by molar-refractivity contribution is -0.130. The van der Waals surface area contributed by atoms with Gasteiger partial charge in [-0.05, 0) is 36.4 Å². The third-order valence-corrected chi connectivity index (χ3v) is 4.34. The van der Waals surface area contributed by atoms with Crippen molar-refractivity contribution in [3.8, 4) is 0 Å². The summed E-state index contributed by atoms with van der Waals surface area (Å²) < 4.78 is 0. The molecule has 1 aromatic heterocycles. The van der Waals surface area contributed by atoms with E-state index < -0.39 is 0 Å². The summed E-state index contributed by atoms with van der Waals surface area (Å²) in [5.41, 5.74) is 0. The molecule has 1 heterocycles. The highest BCUT2D eigenvalue weighted by atomic mass is 35.5. The molecule has 0 saturated heterocycles. The van der Waals surface area contributed by atoms with Crippen LogP contribution in [0.15, 0.2) is 41.6 Å². The zero-order valence-corrected chi connectivity index (χ0v) is 13.5. The van der Waals surface area contributed by atoms with E-state index in [-0.39, 0.29) is 5.91 Å². The summed E-state index contributed by atoms with van der Waals surface area (Å²) in [5.74, 6) is 1.87. The molecular weight excluding hydrogens is 306 g/mol. The summed E-state index contributed by atoms with van der Waals surface area (Å²) in [6, 6.07) is 7.76. The molecule has 0 spiro atoms. The van der Waals surface area contributed by atoms with Crippen LogP contribution >= 0.6 is 23.4 Å². The Morgan fingerprint density at radius 1 is 1.38 bits per heavy atom. The zero-order chi connectivity index (χ0) is 15.1. The summed E-state index contributed by atoms with van der Waals surface area (Å²) in [4.78, 5) is 22.0. The topological polar surface area (TPSA) is 49.0 Å². The molecular formula is C15H18ClN3OS. The second-order valence-corrected chi connectivity index (χ2v) is 6.30. The lowest BCUT2D eigenvalue weighted by Crippen LogP contribution is -2.26. The molecule has 0 atom stereocenters. The van der Waals surface area contributed by atoms with E-state index in [0.717, 1.165) is 23.0 Å². The van der Waals surface area contributed by atoms with Crippen LogP contribution in [0.4, 0.5) is 0 Å². The predicted octanol–water partition coefficient (Wildman–Crippen LogP) is 3.59. The first-order valence-corrected chi connectivity index (χ1v) is 8.12. The van der Waals surface area contributed by atoms with Gasteiger partial charge in [-0.3, -0.25) is 4.79 Å². The van der Waals surface area contributed by atoms with Crippen molar-refractivity contribution in [3.63, 3.8) is 0 Å². The SMILES string of the molecule is CN(Cc1ncc[nH]1)C(=O)CCCSc1ccc(Cl)cc1. The van der Waals surface area contributed by atoms with Gasteiger partial charge in [-0.15, -0.1) is 11.8 Å². The minimum Gasteiger partial charge on any atom is -0.347 e. The smallest absolute Gasteiger partial charge is 0.222 e. The molecule has 1 aromatic carbocycles. The van der Waals surface area contributed by atoms with Gasteiger partial charge in [-0.25, -0.2) is 4.98 Å². The Labute approximate surface area is 133 Å². The number of benzene rings is 1. The molecule has 0 unspecified atom stereocenters. The van der Waals surface area contributed by atoms with E-state index in [9.17, 15) is 4.79 Å². The molecule has 2 aromatic rings. The molecule has 1 amide bonds. The number of carbonyl (C=O) groups excluding carboxylic acids is 1. The van der Waals surface area contributed by atoms with Crippen LogP contribution in [0.25, 0.3) is 0 Å². The Morgan fingerprint density at radius 2 is 2.14 bits per heavy atom. The first-order valence-electron chi connectivity index (χ1n) is 6.76. The van der Waals surface area contributed by atoms with E-state index in [4.69, 9.17) is 11.6 Å². The Kier molecular flexibility index (Phi) is 6.14. The number of thioether (sulfide) groups is 1. The van der Waals surface area contributed by atoms with Crippen LogP contribution in [0.3, 0.4) is 0 Å². The van der Waals surface area contributed by atoms with E-state index >= 15 is 0 Å². The number of amides is 1. The number of carbonyl (C=O) groups is 1. The summed E-state index contributed by atoms with van der Waals surface area (Å²) in [6.07, 6.45) is 4.86. The second-order valence-electron chi connectivity index (χ2n) is 4.69. The molecule has 6 heteroatoms. The molecule has 0 aliphatic carbocycles. The number of rotatable bonds is 7. The van der Waals surface area contributed by atoms with Gasteiger partial charge in [-0.1, -0.05) is 11.6 Å². The van der Waals surface area contributed by atoms with Gasteiger partial charge in [0.25, 0.3) is 0 Å². The normalized spacial score (nSPS) is 10.6. The van der Waals surface area contributed by atoms with Crippen LogP contribution in [0, 0.1) is 0 Å². The largest absolute Gasteiger partial charge is 0.347 e. The van der Waals surface area contributed by atoms with Crippen molar-refractivity contribution in [2.45, 2.75) is 24.3 Å².